The molecule has 250 valence electrons. The Balaban J connectivity index is 1.28. The zero-order chi connectivity index (χ0) is 32.7. The number of aliphatic imine (C=N–C) groups is 1. The molecule has 12 nitrogen and oxygen atoms in total. The molecule has 2 aliphatic heterocycles. The average Bonchev–Trinajstić information content (AvgIpc) is 3.03. The molecule has 0 aromatic heterocycles. The molecule has 4 unspecified atom stereocenters. The monoisotopic (exact) mass is 633 g/mol. The highest BCUT2D eigenvalue weighted by Crippen LogP contribution is 2.35. The van der Waals surface area contributed by atoms with Crippen LogP contribution >= 0.6 is 0 Å². The third-order valence-electron chi connectivity index (χ3n) is 8.02. The van der Waals surface area contributed by atoms with Crippen LogP contribution in [0.15, 0.2) is 47.5 Å². The average molecular weight is 634 g/mol. The maximum atomic E-state index is 10.7. The van der Waals surface area contributed by atoms with Crippen LogP contribution in [0.1, 0.15) is 62.6 Å². The number of hydrogen-bond donors (Lipinski definition) is 6. The van der Waals surface area contributed by atoms with Gasteiger partial charge in [0, 0.05) is 12.6 Å². The van der Waals surface area contributed by atoms with Crippen molar-refractivity contribution in [3.63, 3.8) is 0 Å². The fraction of sp³-hybridized carbons (Fsp3) is 0.606. The Hall–Kier alpha value is -2.49. The second kappa shape index (κ2) is 16.4. The molecule has 0 bridgehead atoms. The Kier molecular flexibility index (Phi) is 12.9. The zero-order valence-corrected chi connectivity index (χ0v) is 26.2. The molecule has 2 saturated heterocycles. The topological polar surface area (TPSA) is 180 Å². The number of para-hydroxylation sites is 1. The third-order valence-corrected chi connectivity index (χ3v) is 8.02. The Labute approximate surface area is 263 Å². The molecular formula is C33H47NO11. The highest BCUT2D eigenvalue weighted by molar-refractivity contribution is 5.83. The molecule has 9 atom stereocenters. The van der Waals surface area contributed by atoms with Gasteiger partial charge in [0.05, 0.1) is 37.7 Å². The summed E-state index contributed by atoms with van der Waals surface area (Å²) in [4.78, 5) is 4.84. The normalized spacial score (nSPS) is 30.8. The molecule has 4 rings (SSSR count). The van der Waals surface area contributed by atoms with Crippen LogP contribution in [0.2, 0.25) is 0 Å². The molecule has 2 heterocycles. The molecule has 2 aromatic carbocycles. The molecule has 2 aromatic rings. The highest BCUT2D eigenvalue weighted by Gasteiger charge is 2.49. The molecular weight excluding hydrogens is 586 g/mol. The van der Waals surface area contributed by atoms with Gasteiger partial charge in [-0.25, -0.2) is 0 Å². The van der Waals surface area contributed by atoms with E-state index in [0.29, 0.717) is 17.6 Å². The molecule has 0 aliphatic carbocycles. The summed E-state index contributed by atoms with van der Waals surface area (Å²) in [7, 11) is 0. The van der Waals surface area contributed by atoms with Crippen molar-refractivity contribution in [3.05, 3.63) is 59.2 Å². The first-order valence-electron chi connectivity index (χ1n) is 15.5. The molecule has 0 radical (unpaired) electrons. The first-order valence-corrected chi connectivity index (χ1v) is 15.5. The summed E-state index contributed by atoms with van der Waals surface area (Å²) < 4.78 is 28.1. The van der Waals surface area contributed by atoms with E-state index in [2.05, 4.69) is 45.9 Å². The SMILES string of the molecule is CC(C)c1cccc(C(C)C)c1N=Cc1ccc(OCCO[C@H]2OC(CO)[C@H](O[C@H]3OC(CO)CC(O)[C@H]3O)C(O)[C@H]2O)cc1. The lowest BCUT2D eigenvalue weighted by molar-refractivity contribution is -0.350. The van der Waals surface area contributed by atoms with Crippen LogP contribution in [0.5, 0.6) is 5.75 Å². The fourth-order valence-corrected chi connectivity index (χ4v) is 5.43. The lowest BCUT2D eigenvalue weighted by Gasteiger charge is -2.45. The van der Waals surface area contributed by atoms with Gasteiger partial charge in [0.2, 0.25) is 0 Å². The van der Waals surface area contributed by atoms with Crippen LogP contribution in [-0.2, 0) is 18.9 Å². The Morgan fingerprint density at radius 2 is 1.49 bits per heavy atom. The second-order valence-corrected chi connectivity index (χ2v) is 12.1. The summed E-state index contributed by atoms with van der Waals surface area (Å²) in [6, 6.07) is 13.8. The van der Waals surface area contributed by atoms with Crippen LogP contribution in [-0.4, -0.2) is 119 Å². The zero-order valence-electron chi connectivity index (χ0n) is 26.2. The summed E-state index contributed by atoms with van der Waals surface area (Å²) >= 11 is 0. The minimum absolute atomic E-state index is 0.000116. The Bertz CT molecular complexity index is 1200. The highest BCUT2D eigenvalue weighted by atomic mass is 16.7. The van der Waals surface area contributed by atoms with Crippen LogP contribution in [0, 0.1) is 0 Å². The van der Waals surface area contributed by atoms with E-state index < -0.39 is 68.5 Å². The summed E-state index contributed by atoms with van der Waals surface area (Å²) in [5.74, 6) is 1.30. The van der Waals surface area contributed by atoms with Crippen LogP contribution in [0.4, 0.5) is 5.69 Å². The van der Waals surface area contributed by atoms with Crippen molar-refractivity contribution in [1.82, 2.24) is 0 Å². The van der Waals surface area contributed by atoms with Crippen molar-refractivity contribution in [2.24, 2.45) is 4.99 Å². The summed E-state index contributed by atoms with van der Waals surface area (Å²) in [6.45, 7) is 7.74. The van der Waals surface area contributed by atoms with Gasteiger partial charge in [0.25, 0.3) is 0 Å². The maximum absolute atomic E-state index is 10.7. The molecule has 0 spiro atoms. The second-order valence-electron chi connectivity index (χ2n) is 12.1. The predicted octanol–water partition coefficient (Wildman–Crippen LogP) is 1.73. The molecule has 2 aliphatic rings. The van der Waals surface area contributed by atoms with Crippen molar-refractivity contribution in [2.45, 2.75) is 101 Å². The summed E-state index contributed by atoms with van der Waals surface area (Å²) in [5, 5.41) is 60.9. The van der Waals surface area contributed by atoms with Crippen molar-refractivity contribution >= 4 is 11.9 Å². The first kappa shape index (κ1) is 35.4. The van der Waals surface area contributed by atoms with Gasteiger partial charge in [-0.15, -0.1) is 0 Å². The molecule has 2 fully saturated rings. The van der Waals surface area contributed by atoms with Gasteiger partial charge in [-0.2, -0.15) is 0 Å². The van der Waals surface area contributed by atoms with Crippen molar-refractivity contribution in [3.8, 4) is 5.75 Å². The van der Waals surface area contributed by atoms with Crippen molar-refractivity contribution in [2.75, 3.05) is 26.4 Å². The van der Waals surface area contributed by atoms with E-state index in [1.165, 1.54) is 11.1 Å². The largest absolute Gasteiger partial charge is 0.491 e. The lowest BCUT2D eigenvalue weighted by Crippen LogP contribution is -2.62. The van der Waals surface area contributed by atoms with E-state index in [4.69, 9.17) is 28.7 Å². The number of aliphatic hydroxyl groups excluding tert-OH is 6. The third kappa shape index (κ3) is 8.86. The predicted molar refractivity (Wildman–Crippen MR) is 165 cm³/mol. The van der Waals surface area contributed by atoms with E-state index in [-0.39, 0.29) is 19.6 Å². The minimum Gasteiger partial charge on any atom is -0.491 e. The lowest BCUT2D eigenvalue weighted by atomic mass is 9.93. The van der Waals surface area contributed by atoms with Crippen LogP contribution in [0.25, 0.3) is 0 Å². The molecule has 6 N–H and O–H groups in total. The molecule has 0 saturated carbocycles. The van der Waals surface area contributed by atoms with E-state index in [1.54, 1.807) is 0 Å². The number of nitrogens with zero attached hydrogens (tertiary/aromatic N) is 1. The summed E-state index contributed by atoms with van der Waals surface area (Å²) in [5.41, 5.74) is 4.34. The first-order chi connectivity index (χ1) is 21.5. The van der Waals surface area contributed by atoms with Gasteiger partial charge in [0.15, 0.2) is 12.6 Å². The van der Waals surface area contributed by atoms with Crippen molar-refractivity contribution < 1.29 is 54.3 Å². The van der Waals surface area contributed by atoms with Gasteiger partial charge < -0.3 is 54.3 Å². The molecule has 0 amide bonds. The Morgan fingerprint density at radius 3 is 2.09 bits per heavy atom. The van der Waals surface area contributed by atoms with Crippen LogP contribution in [0.3, 0.4) is 0 Å². The van der Waals surface area contributed by atoms with Crippen LogP contribution < -0.4 is 4.74 Å². The minimum atomic E-state index is -1.58. The fourth-order valence-electron chi connectivity index (χ4n) is 5.43. The standard InChI is InChI=1S/C33H47NO11/c1-18(2)23-6-5-7-24(19(3)4)27(23)34-15-20-8-10-21(11-9-20)41-12-13-42-32-30(40)29(39)31(26(17-36)44-32)45-33-28(38)25(37)14-22(16-35)43-33/h5-11,15,18-19,22,25-26,28-33,35-40H,12-14,16-17H2,1-4H3/t22?,25?,26?,28-,29?,30-,31+,32+,33-/m1/s1. The number of benzene rings is 2. The molecule has 45 heavy (non-hydrogen) atoms. The smallest absolute Gasteiger partial charge is 0.186 e. The van der Waals surface area contributed by atoms with Gasteiger partial charge >= 0.3 is 0 Å². The van der Waals surface area contributed by atoms with E-state index in [9.17, 15) is 30.6 Å². The van der Waals surface area contributed by atoms with E-state index >= 15 is 0 Å². The van der Waals surface area contributed by atoms with Crippen molar-refractivity contribution in [1.29, 1.82) is 0 Å². The number of hydrogen-bond acceptors (Lipinski definition) is 12. The number of rotatable bonds is 13. The quantitative estimate of drug-likeness (QED) is 0.140. The van der Waals surface area contributed by atoms with Gasteiger partial charge in [-0.1, -0.05) is 45.9 Å². The number of ether oxygens (including phenoxy) is 5. The molecule has 12 heteroatoms. The summed E-state index contributed by atoms with van der Waals surface area (Å²) in [6.07, 6.45) is -9.98. The van der Waals surface area contributed by atoms with Gasteiger partial charge in [-0.3, -0.25) is 4.99 Å². The Morgan fingerprint density at radius 1 is 0.822 bits per heavy atom. The van der Waals surface area contributed by atoms with Gasteiger partial charge in [-0.05, 0) is 52.8 Å². The van der Waals surface area contributed by atoms with Gasteiger partial charge in [0.1, 0.15) is 42.9 Å². The maximum Gasteiger partial charge on any atom is 0.186 e. The van der Waals surface area contributed by atoms with E-state index in [0.717, 1.165) is 11.3 Å². The number of aliphatic hydroxyl groups is 6. The van der Waals surface area contributed by atoms with E-state index in [1.807, 2.05) is 30.5 Å².